The standard InChI is InChI=1S/C24H23N3O3S2/c1-17(19-7-3-2-4-8-19)31-24-26-22-10-6-5-9-21(22)23(28)27(24)16-15-18-11-13-20(14-12-18)32(25,29)30/h2-14,17H,15-16H2,1H3,(H2,25,29,30). The number of aryl methyl sites for hydroxylation is 1. The largest absolute Gasteiger partial charge is 0.287 e. The summed E-state index contributed by atoms with van der Waals surface area (Å²) < 4.78 is 24.7. The minimum absolute atomic E-state index is 0.0683. The van der Waals surface area contributed by atoms with Crippen LogP contribution >= 0.6 is 11.8 Å². The lowest BCUT2D eigenvalue weighted by molar-refractivity contribution is 0.593. The highest BCUT2D eigenvalue weighted by Gasteiger charge is 2.16. The maximum absolute atomic E-state index is 13.3. The van der Waals surface area contributed by atoms with E-state index in [2.05, 4.69) is 19.1 Å². The topological polar surface area (TPSA) is 95.0 Å². The van der Waals surface area contributed by atoms with Gasteiger partial charge in [-0.15, -0.1) is 0 Å². The molecule has 1 atom stereocenters. The van der Waals surface area contributed by atoms with E-state index >= 15 is 0 Å². The summed E-state index contributed by atoms with van der Waals surface area (Å²) in [5, 5.41) is 6.53. The normalized spacial score (nSPS) is 12.7. The number of nitrogens with zero attached hydrogens (tertiary/aromatic N) is 2. The van der Waals surface area contributed by atoms with Crippen molar-refractivity contribution in [3.05, 3.63) is 100 Å². The van der Waals surface area contributed by atoms with Gasteiger partial charge in [-0.25, -0.2) is 18.5 Å². The van der Waals surface area contributed by atoms with Crippen LogP contribution in [0.2, 0.25) is 0 Å². The molecule has 1 unspecified atom stereocenters. The summed E-state index contributed by atoms with van der Waals surface area (Å²) in [7, 11) is -3.73. The molecule has 164 valence electrons. The second kappa shape index (κ2) is 9.28. The minimum atomic E-state index is -3.73. The van der Waals surface area contributed by atoms with Gasteiger partial charge in [0.05, 0.1) is 15.8 Å². The van der Waals surface area contributed by atoms with Gasteiger partial charge in [0.25, 0.3) is 5.56 Å². The molecule has 1 heterocycles. The zero-order valence-electron chi connectivity index (χ0n) is 17.5. The number of para-hydroxylation sites is 1. The lowest BCUT2D eigenvalue weighted by Crippen LogP contribution is -2.24. The van der Waals surface area contributed by atoms with Crippen LogP contribution in [-0.2, 0) is 23.0 Å². The van der Waals surface area contributed by atoms with Crippen molar-refractivity contribution in [2.45, 2.75) is 35.2 Å². The maximum atomic E-state index is 13.3. The van der Waals surface area contributed by atoms with Gasteiger partial charge in [0.15, 0.2) is 5.16 Å². The molecular weight excluding hydrogens is 442 g/mol. The Balaban J connectivity index is 1.66. The van der Waals surface area contributed by atoms with E-state index in [1.165, 1.54) is 12.1 Å². The summed E-state index contributed by atoms with van der Waals surface area (Å²) >= 11 is 1.55. The Bertz CT molecular complexity index is 1400. The molecule has 0 aliphatic heterocycles. The second-order valence-electron chi connectivity index (χ2n) is 7.48. The number of thioether (sulfide) groups is 1. The number of benzene rings is 3. The molecule has 32 heavy (non-hydrogen) atoms. The molecule has 0 amide bonds. The van der Waals surface area contributed by atoms with Gasteiger partial charge in [0.1, 0.15) is 0 Å². The number of nitrogens with two attached hydrogens (primary N) is 1. The molecule has 0 saturated carbocycles. The highest BCUT2D eigenvalue weighted by atomic mass is 32.2. The highest BCUT2D eigenvalue weighted by Crippen LogP contribution is 2.33. The van der Waals surface area contributed by atoms with Crippen molar-refractivity contribution in [1.82, 2.24) is 9.55 Å². The van der Waals surface area contributed by atoms with Gasteiger partial charge in [-0.2, -0.15) is 0 Å². The zero-order valence-corrected chi connectivity index (χ0v) is 19.1. The van der Waals surface area contributed by atoms with Crippen LogP contribution in [0.4, 0.5) is 0 Å². The zero-order chi connectivity index (χ0) is 22.7. The lowest BCUT2D eigenvalue weighted by atomic mass is 10.1. The average Bonchev–Trinajstić information content (AvgIpc) is 2.79. The van der Waals surface area contributed by atoms with Crippen molar-refractivity contribution in [2.75, 3.05) is 0 Å². The summed E-state index contributed by atoms with van der Waals surface area (Å²) in [4.78, 5) is 18.1. The summed E-state index contributed by atoms with van der Waals surface area (Å²) in [6.45, 7) is 2.52. The van der Waals surface area contributed by atoms with Crippen molar-refractivity contribution in [3.63, 3.8) is 0 Å². The predicted molar refractivity (Wildman–Crippen MR) is 128 cm³/mol. The molecule has 0 spiro atoms. The van der Waals surface area contributed by atoms with Crippen molar-refractivity contribution in [3.8, 4) is 0 Å². The van der Waals surface area contributed by atoms with Crippen LogP contribution in [-0.4, -0.2) is 18.0 Å². The van der Waals surface area contributed by atoms with Crippen molar-refractivity contribution in [1.29, 1.82) is 0 Å². The molecule has 0 aliphatic rings. The van der Waals surface area contributed by atoms with Gasteiger partial charge in [0.2, 0.25) is 10.0 Å². The van der Waals surface area contributed by atoms with E-state index < -0.39 is 10.0 Å². The number of aromatic nitrogens is 2. The molecule has 2 N–H and O–H groups in total. The number of primary sulfonamides is 1. The minimum Gasteiger partial charge on any atom is -0.287 e. The van der Waals surface area contributed by atoms with E-state index in [-0.39, 0.29) is 15.7 Å². The van der Waals surface area contributed by atoms with E-state index in [9.17, 15) is 13.2 Å². The third-order valence-corrected chi connectivity index (χ3v) is 7.33. The van der Waals surface area contributed by atoms with E-state index in [1.54, 1.807) is 34.5 Å². The SMILES string of the molecule is CC(Sc1nc2ccccc2c(=O)n1CCc1ccc(S(N)(=O)=O)cc1)c1ccccc1. The monoisotopic (exact) mass is 465 g/mol. The molecule has 1 aromatic heterocycles. The van der Waals surface area contributed by atoms with Crippen molar-refractivity contribution in [2.24, 2.45) is 5.14 Å². The van der Waals surface area contributed by atoms with Crippen LogP contribution in [0.5, 0.6) is 0 Å². The Morgan fingerprint density at radius 3 is 2.31 bits per heavy atom. The molecule has 4 rings (SSSR count). The quantitative estimate of drug-likeness (QED) is 0.327. The van der Waals surface area contributed by atoms with Crippen LogP contribution < -0.4 is 10.7 Å². The molecule has 0 fully saturated rings. The van der Waals surface area contributed by atoms with Crippen LogP contribution in [0.3, 0.4) is 0 Å². The third-order valence-electron chi connectivity index (χ3n) is 5.25. The molecular formula is C24H23N3O3S2. The van der Waals surface area contributed by atoms with Gasteiger partial charge in [0, 0.05) is 11.8 Å². The maximum Gasteiger partial charge on any atom is 0.262 e. The van der Waals surface area contributed by atoms with E-state index in [4.69, 9.17) is 10.1 Å². The van der Waals surface area contributed by atoms with Gasteiger partial charge >= 0.3 is 0 Å². The number of hydrogen-bond acceptors (Lipinski definition) is 5. The molecule has 6 nitrogen and oxygen atoms in total. The van der Waals surface area contributed by atoms with Gasteiger partial charge in [-0.3, -0.25) is 9.36 Å². The summed E-state index contributed by atoms with van der Waals surface area (Å²) in [5.41, 5.74) is 2.66. The number of fused-ring (bicyclic) bond motifs is 1. The van der Waals surface area contributed by atoms with Crippen LogP contribution in [0.1, 0.15) is 23.3 Å². The summed E-state index contributed by atoms with van der Waals surface area (Å²) in [6.07, 6.45) is 0.554. The number of rotatable bonds is 7. The Morgan fingerprint density at radius 2 is 1.62 bits per heavy atom. The first kappa shape index (κ1) is 22.3. The van der Waals surface area contributed by atoms with Crippen molar-refractivity contribution >= 4 is 32.7 Å². The van der Waals surface area contributed by atoms with Crippen molar-refractivity contribution < 1.29 is 8.42 Å². The van der Waals surface area contributed by atoms with E-state index in [1.807, 2.05) is 36.4 Å². The fourth-order valence-corrected chi connectivity index (χ4v) is 5.05. The van der Waals surface area contributed by atoms with Gasteiger partial charge < -0.3 is 0 Å². The Hall–Kier alpha value is -2.94. The average molecular weight is 466 g/mol. The van der Waals surface area contributed by atoms with E-state index in [0.717, 1.165) is 11.1 Å². The Labute approximate surface area is 191 Å². The molecule has 0 radical (unpaired) electrons. The number of hydrogen-bond donors (Lipinski definition) is 1. The number of sulfonamides is 1. The van der Waals surface area contributed by atoms with Crippen LogP contribution in [0, 0.1) is 0 Å². The molecule has 4 aromatic rings. The molecule has 0 aliphatic carbocycles. The van der Waals surface area contributed by atoms with E-state index in [0.29, 0.717) is 29.0 Å². The predicted octanol–water partition coefficient (Wildman–Crippen LogP) is 4.14. The third kappa shape index (κ3) is 4.93. The summed E-state index contributed by atoms with van der Waals surface area (Å²) in [6, 6.07) is 23.9. The molecule has 0 saturated heterocycles. The van der Waals surface area contributed by atoms with Gasteiger partial charge in [-0.05, 0) is 48.7 Å². The fraction of sp³-hybridized carbons (Fsp3) is 0.167. The first-order valence-corrected chi connectivity index (χ1v) is 12.6. The first-order valence-electron chi connectivity index (χ1n) is 10.2. The summed E-state index contributed by atoms with van der Waals surface area (Å²) in [5.74, 6) is 0. The fourth-order valence-electron chi connectivity index (χ4n) is 3.47. The molecule has 3 aromatic carbocycles. The highest BCUT2D eigenvalue weighted by molar-refractivity contribution is 7.99. The Morgan fingerprint density at radius 1 is 0.969 bits per heavy atom. The second-order valence-corrected chi connectivity index (χ2v) is 10.3. The molecule has 8 heteroatoms. The molecule has 0 bridgehead atoms. The lowest BCUT2D eigenvalue weighted by Gasteiger charge is -2.17. The van der Waals surface area contributed by atoms with Gasteiger partial charge in [-0.1, -0.05) is 66.4 Å². The van der Waals surface area contributed by atoms with Crippen LogP contribution in [0.15, 0.2) is 93.7 Å². The first-order chi connectivity index (χ1) is 15.3. The van der Waals surface area contributed by atoms with Crippen LogP contribution in [0.25, 0.3) is 10.9 Å². The Kier molecular flexibility index (Phi) is 6.45. The smallest absolute Gasteiger partial charge is 0.262 e.